The summed E-state index contributed by atoms with van der Waals surface area (Å²) >= 11 is 0. The molecule has 0 aliphatic carbocycles. The molecule has 0 radical (unpaired) electrons. The fourth-order valence-electron chi connectivity index (χ4n) is 3.65. The molecule has 0 fully saturated rings. The van der Waals surface area contributed by atoms with Crippen molar-refractivity contribution in [2.75, 3.05) is 6.61 Å². The van der Waals surface area contributed by atoms with Crippen molar-refractivity contribution in [1.82, 2.24) is 0 Å². The highest BCUT2D eigenvalue weighted by Gasteiger charge is 2.48. The first kappa shape index (κ1) is 28.5. The largest absolute Gasteiger partial charge is 0.375 e. The van der Waals surface area contributed by atoms with Crippen LogP contribution in [0.25, 0.3) is 0 Å². The van der Waals surface area contributed by atoms with Gasteiger partial charge in [0.15, 0.2) is 5.78 Å². The quantitative estimate of drug-likeness (QED) is 0.345. The van der Waals surface area contributed by atoms with Gasteiger partial charge in [0.2, 0.25) is 0 Å². The molecule has 2 atom stereocenters. The van der Waals surface area contributed by atoms with E-state index < -0.39 is 22.7 Å². The lowest BCUT2D eigenvalue weighted by atomic mass is 9.71. The zero-order valence-corrected chi connectivity index (χ0v) is 22.3. The van der Waals surface area contributed by atoms with Crippen LogP contribution in [0.4, 0.5) is 0 Å². The number of hydrogen-bond acceptors (Lipinski definition) is 4. The van der Waals surface area contributed by atoms with Crippen LogP contribution in [0.5, 0.6) is 0 Å². The average molecular weight is 447 g/mol. The molecule has 0 bridgehead atoms. The Kier molecular flexibility index (Phi) is 9.45. The van der Waals surface area contributed by atoms with Gasteiger partial charge in [0.25, 0.3) is 0 Å². The number of Topliss-reactive ketones (excluding diaryl/α,β-unsaturated/α-hetero) is 2. The smallest absolute Gasteiger partial charge is 0.174 e. The topological polar surface area (TPSA) is 52.6 Å². The second kappa shape index (κ2) is 10.6. The molecule has 2 unspecified atom stereocenters. The normalized spacial score (nSPS) is 15.3. The predicted molar refractivity (Wildman–Crippen MR) is 132 cm³/mol. The van der Waals surface area contributed by atoms with E-state index in [0.29, 0.717) is 6.61 Å². The van der Waals surface area contributed by atoms with Crippen molar-refractivity contribution >= 4 is 11.6 Å². The Balaban J connectivity index is 2.90. The van der Waals surface area contributed by atoms with Crippen LogP contribution in [-0.2, 0) is 19.1 Å². The molecule has 0 aliphatic rings. The number of rotatable bonds is 11. The number of carbonyl (C=O) groups is 2. The molecule has 0 spiro atoms. The van der Waals surface area contributed by atoms with Gasteiger partial charge < -0.3 is 9.47 Å². The number of hydrogen-bond donors (Lipinski definition) is 0. The lowest BCUT2D eigenvalue weighted by molar-refractivity contribution is -0.168. The second-order valence-corrected chi connectivity index (χ2v) is 12.0. The second-order valence-electron chi connectivity index (χ2n) is 12.0. The van der Waals surface area contributed by atoms with Gasteiger partial charge in [-0.3, -0.25) is 9.59 Å². The first-order valence-corrected chi connectivity index (χ1v) is 11.9. The number of carbonyl (C=O) groups excluding carboxylic acids is 2. The molecular formula is C28H46O4. The highest BCUT2D eigenvalue weighted by atomic mass is 16.5. The fourth-order valence-corrected chi connectivity index (χ4v) is 3.65. The third-order valence-corrected chi connectivity index (χ3v) is 6.36. The molecule has 0 aliphatic heterocycles. The maximum Gasteiger partial charge on any atom is 0.174 e. The van der Waals surface area contributed by atoms with Gasteiger partial charge in [-0.2, -0.15) is 0 Å². The van der Waals surface area contributed by atoms with E-state index in [9.17, 15) is 9.59 Å². The molecule has 0 aromatic heterocycles. The van der Waals surface area contributed by atoms with E-state index in [4.69, 9.17) is 9.47 Å². The molecule has 182 valence electrons. The van der Waals surface area contributed by atoms with Crippen LogP contribution in [0.2, 0.25) is 0 Å². The van der Waals surface area contributed by atoms with Crippen molar-refractivity contribution in [1.29, 1.82) is 0 Å². The van der Waals surface area contributed by atoms with Crippen molar-refractivity contribution < 1.29 is 19.1 Å². The van der Waals surface area contributed by atoms with Crippen molar-refractivity contribution in [3.63, 3.8) is 0 Å². The number of ether oxygens (including phenoxy) is 2. The Morgan fingerprint density at radius 1 is 0.844 bits per heavy atom. The van der Waals surface area contributed by atoms with Crippen LogP contribution in [0.1, 0.15) is 101 Å². The third kappa shape index (κ3) is 7.81. The molecule has 4 nitrogen and oxygen atoms in total. The summed E-state index contributed by atoms with van der Waals surface area (Å²) in [7, 11) is 0. The van der Waals surface area contributed by atoms with Crippen LogP contribution in [-0.4, -0.2) is 29.4 Å². The molecule has 1 rings (SSSR count). The summed E-state index contributed by atoms with van der Waals surface area (Å²) < 4.78 is 12.5. The van der Waals surface area contributed by atoms with E-state index >= 15 is 0 Å². The summed E-state index contributed by atoms with van der Waals surface area (Å²) in [6.07, 6.45) is 0.885. The molecule has 0 saturated carbocycles. The summed E-state index contributed by atoms with van der Waals surface area (Å²) in [5.74, 6) is 0.274. The Bertz CT molecular complexity index is 748. The van der Waals surface area contributed by atoms with Crippen LogP contribution >= 0.6 is 0 Å². The molecule has 0 heterocycles. The van der Waals surface area contributed by atoms with Gasteiger partial charge in [-0.15, -0.1) is 0 Å². The standard InChI is InChI=1S/C28H46O4/c1-20(23(29)25(2,3)4)16-15-19-31-28(10,11)27(8,9)24(30)22(32-26(5,6)7)21-17-13-12-14-18-21/h12-14,17-18,20,22H,15-16,19H2,1-11H3. The lowest BCUT2D eigenvalue weighted by Crippen LogP contribution is -2.50. The van der Waals surface area contributed by atoms with E-state index in [1.54, 1.807) is 0 Å². The van der Waals surface area contributed by atoms with Gasteiger partial charge in [-0.25, -0.2) is 0 Å². The molecule has 0 saturated heterocycles. The number of ketones is 2. The van der Waals surface area contributed by atoms with Gasteiger partial charge in [0, 0.05) is 17.9 Å². The van der Waals surface area contributed by atoms with Crippen LogP contribution < -0.4 is 0 Å². The van der Waals surface area contributed by atoms with Crippen molar-refractivity contribution in [2.24, 2.45) is 16.7 Å². The minimum Gasteiger partial charge on any atom is -0.375 e. The van der Waals surface area contributed by atoms with Crippen LogP contribution in [0.15, 0.2) is 30.3 Å². The zero-order chi connectivity index (χ0) is 25.0. The van der Waals surface area contributed by atoms with E-state index in [0.717, 1.165) is 18.4 Å². The van der Waals surface area contributed by atoms with E-state index in [-0.39, 0.29) is 22.9 Å². The summed E-state index contributed by atoms with van der Waals surface area (Å²) in [4.78, 5) is 26.2. The van der Waals surface area contributed by atoms with Gasteiger partial charge in [0.1, 0.15) is 11.9 Å². The molecule has 1 aromatic rings. The summed E-state index contributed by atoms with van der Waals surface area (Å²) in [5.41, 5.74) is -1.42. The van der Waals surface area contributed by atoms with Crippen molar-refractivity contribution in [3.05, 3.63) is 35.9 Å². The van der Waals surface area contributed by atoms with Gasteiger partial charge in [-0.05, 0) is 53.0 Å². The van der Waals surface area contributed by atoms with E-state index in [1.165, 1.54) is 0 Å². The van der Waals surface area contributed by atoms with Gasteiger partial charge >= 0.3 is 0 Å². The average Bonchev–Trinajstić information content (AvgIpc) is 2.67. The van der Waals surface area contributed by atoms with Crippen molar-refractivity contribution in [2.45, 2.75) is 106 Å². The maximum atomic E-state index is 13.8. The Labute approximate surface area is 196 Å². The lowest BCUT2D eigenvalue weighted by Gasteiger charge is -2.43. The third-order valence-electron chi connectivity index (χ3n) is 6.36. The minimum atomic E-state index is -0.786. The first-order chi connectivity index (χ1) is 14.4. The van der Waals surface area contributed by atoms with E-state index in [2.05, 4.69) is 0 Å². The molecule has 0 N–H and O–H groups in total. The SMILES string of the molecule is CC(CCCOC(C)(C)C(C)(C)C(=O)C(OC(C)(C)C)c1ccccc1)C(=O)C(C)(C)C. The molecule has 32 heavy (non-hydrogen) atoms. The Morgan fingerprint density at radius 3 is 1.84 bits per heavy atom. The van der Waals surface area contributed by atoms with Gasteiger partial charge in [0.05, 0.1) is 16.6 Å². The first-order valence-electron chi connectivity index (χ1n) is 11.9. The van der Waals surface area contributed by atoms with Gasteiger partial charge in [-0.1, -0.05) is 71.9 Å². The van der Waals surface area contributed by atoms with Crippen molar-refractivity contribution in [3.8, 4) is 0 Å². The number of benzene rings is 1. The maximum absolute atomic E-state index is 13.8. The molecular weight excluding hydrogens is 400 g/mol. The zero-order valence-electron chi connectivity index (χ0n) is 22.3. The minimum absolute atomic E-state index is 0.0000894. The van der Waals surface area contributed by atoms with E-state index in [1.807, 2.05) is 106 Å². The van der Waals surface area contributed by atoms with Crippen LogP contribution in [0.3, 0.4) is 0 Å². The molecule has 4 heteroatoms. The molecule has 1 aromatic carbocycles. The molecule has 0 amide bonds. The summed E-state index contributed by atoms with van der Waals surface area (Å²) in [6, 6.07) is 9.66. The Morgan fingerprint density at radius 2 is 1.38 bits per heavy atom. The van der Waals surface area contributed by atoms with Crippen LogP contribution in [0, 0.1) is 16.7 Å². The highest BCUT2D eigenvalue weighted by molar-refractivity contribution is 5.90. The Hall–Kier alpha value is -1.52. The highest BCUT2D eigenvalue weighted by Crippen LogP contribution is 2.41. The monoisotopic (exact) mass is 446 g/mol. The summed E-state index contributed by atoms with van der Waals surface area (Å²) in [5, 5.41) is 0. The fraction of sp³-hybridized carbons (Fsp3) is 0.714. The predicted octanol–water partition coefficient (Wildman–Crippen LogP) is 6.96. The summed E-state index contributed by atoms with van der Waals surface area (Å²) in [6.45, 7) is 22.1.